The zero-order chi connectivity index (χ0) is 25.0. The number of hydrogen-bond donors (Lipinski definition) is 2. The number of aromatic nitrogens is 3. The summed E-state index contributed by atoms with van der Waals surface area (Å²) in [5.74, 6) is 5.18. The number of carbonyl (C=O) groups excluding carboxylic acids is 1. The fraction of sp³-hybridized carbons (Fsp3) is 0.320. The molecular formula is C25H25F2N5O3. The van der Waals surface area contributed by atoms with Crippen LogP contribution >= 0.6 is 0 Å². The number of allylic oxidation sites excluding steroid dienone is 1. The molecule has 0 bridgehead atoms. The molecule has 3 N–H and O–H groups in total. The highest BCUT2D eigenvalue weighted by atomic mass is 19.3. The van der Waals surface area contributed by atoms with Gasteiger partial charge in [0, 0.05) is 55.9 Å². The number of nitrogens with zero attached hydrogens (tertiary/aromatic N) is 3. The molecule has 0 atom stereocenters. The number of carbonyl (C=O) groups is 1. The number of benzene rings is 1. The maximum atomic E-state index is 13.5. The first-order chi connectivity index (χ1) is 16.8. The van der Waals surface area contributed by atoms with E-state index in [1.807, 2.05) is 4.90 Å². The molecule has 2 aromatic heterocycles. The Labute approximate surface area is 201 Å². The summed E-state index contributed by atoms with van der Waals surface area (Å²) in [6, 6.07) is 5.33. The van der Waals surface area contributed by atoms with Crippen molar-refractivity contribution in [1.29, 1.82) is 0 Å². The number of anilines is 1. The largest absolute Gasteiger partial charge is 0.497 e. The summed E-state index contributed by atoms with van der Waals surface area (Å²) in [5, 5.41) is 0.555. The van der Waals surface area contributed by atoms with E-state index in [9.17, 15) is 13.6 Å². The topological polar surface area (TPSA) is 106 Å². The van der Waals surface area contributed by atoms with Crippen molar-refractivity contribution < 1.29 is 23.0 Å². The second kappa shape index (κ2) is 10.1. The molecular weight excluding hydrogens is 456 g/mol. The minimum Gasteiger partial charge on any atom is -0.497 e. The zero-order valence-electron chi connectivity index (χ0n) is 19.4. The van der Waals surface area contributed by atoms with Gasteiger partial charge in [-0.2, -0.15) is 0 Å². The standard InChI is InChI=1S/C25H25F2N5O3/c1-34-19-11-16(12-20(13-19)35-2)3-4-17-14-29-24-21(17)22(28)30-23(31-24)18(5-10-33)15-32-8-6-25(26,27)7-9-32/h5,10-14H,6-9,15H2,1-2H3,(H3,28,29,30,31). The van der Waals surface area contributed by atoms with Gasteiger partial charge in [0.25, 0.3) is 5.92 Å². The van der Waals surface area contributed by atoms with Crippen LogP contribution in [0.3, 0.4) is 0 Å². The molecule has 0 amide bonds. The fourth-order valence-corrected chi connectivity index (χ4v) is 3.88. The number of H-pyrrole nitrogens is 1. The van der Waals surface area contributed by atoms with Crippen molar-refractivity contribution in [2.75, 3.05) is 39.6 Å². The van der Waals surface area contributed by atoms with Crippen LogP contribution in [0.15, 0.2) is 30.5 Å². The van der Waals surface area contributed by atoms with Crippen molar-refractivity contribution in [1.82, 2.24) is 19.9 Å². The van der Waals surface area contributed by atoms with Crippen molar-refractivity contribution in [2.24, 2.45) is 0 Å². The number of rotatable bonds is 6. The number of piperidine rings is 1. The maximum Gasteiger partial charge on any atom is 0.250 e. The number of aldehydes is 1. The van der Waals surface area contributed by atoms with Crippen LogP contribution < -0.4 is 15.2 Å². The Hall–Kier alpha value is -3.97. The van der Waals surface area contributed by atoms with E-state index in [0.29, 0.717) is 45.5 Å². The van der Waals surface area contributed by atoms with Crippen molar-refractivity contribution in [3.05, 3.63) is 47.4 Å². The number of aromatic amines is 1. The average molecular weight is 482 g/mol. The first-order valence-corrected chi connectivity index (χ1v) is 11.0. The molecule has 10 heteroatoms. The van der Waals surface area contributed by atoms with Gasteiger partial charge in [-0.3, -0.25) is 9.69 Å². The van der Waals surface area contributed by atoms with E-state index in [-0.39, 0.29) is 44.1 Å². The van der Waals surface area contributed by atoms with Crippen molar-refractivity contribution in [3.8, 4) is 23.3 Å². The number of methoxy groups -OCH3 is 2. The summed E-state index contributed by atoms with van der Waals surface area (Å²) in [5.41, 5.74) is 8.51. The lowest BCUT2D eigenvalue weighted by molar-refractivity contribution is -0.104. The fourth-order valence-electron chi connectivity index (χ4n) is 3.88. The highest BCUT2D eigenvalue weighted by Gasteiger charge is 2.34. The third-order valence-electron chi connectivity index (χ3n) is 5.79. The number of fused-ring (bicyclic) bond motifs is 1. The Morgan fingerprint density at radius 3 is 2.49 bits per heavy atom. The molecule has 1 saturated heterocycles. The van der Waals surface area contributed by atoms with Crippen LogP contribution in [0.4, 0.5) is 14.6 Å². The molecule has 35 heavy (non-hydrogen) atoms. The smallest absolute Gasteiger partial charge is 0.250 e. The first kappa shape index (κ1) is 24.2. The Kier molecular flexibility index (Phi) is 6.98. The van der Waals surface area contributed by atoms with E-state index >= 15 is 0 Å². The number of likely N-dealkylation sites (tertiary alicyclic amines) is 1. The monoisotopic (exact) mass is 481 g/mol. The Bertz CT molecular complexity index is 1310. The average Bonchev–Trinajstić information content (AvgIpc) is 3.27. The lowest BCUT2D eigenvalue weighted by Crippen LogP contribution is -2.40. The summed E-state index contributed by atoms with van der Waals surface area (Å²) in [7, 11) is 3.13. The maximum absolute atomic E-state index is 13.5. The molecule has 1 aromatic carbocycles. The minimum atomic E-state index is -2.65. The quantitative estimate of drug-likeness (QED) is 0.316. The van der Waals surface area contributed by atoms with Crippen molar-refractivity contribution in [3.63, 3.8) is 0 Å². The SMILES string of the molecule is COc1cc(C#Cc2c[nH]c3nc(C(=CC=O)CN4CCC(F)(F)CC4)nc(N)c23)cc(OC)c1. The second-order valence-electron chi connectivity index (χ2n) is 8.17. The predicted molar refractivity (Wildman–Crippen MR) is 128 cm³/mol. The molecule has 3 aromatic rings. The number of nitrogens with one attached hydrogen (secondary N) is 1. The number of halogens is 2. The minimum absolute atomic E-state index is 0.195. The van der Waals surface area contributed by atoms with E-state index in [0.717, 1.165) is 0 Å². The molecule has 1 fully saturated rings. The summed E-state index contributed by atoms with van der Waals surface area (Å²) in [6.45, 7) is 0.710. The molecule has 182 valence electrons. The number of alkyl halides is 2. The highest BCUT2D eigenvalue weighted by molar-refractivity contribution is 5.93. The third-order valence-corrected chi connectivity index (χ3v) is 5.79. The van der Waals surface area contributed by atoms with Crippen molar-refractivity contribution >= 4 is 28.7 Å². The molecule has 1 aliphatic rings. The van der Waals surface area contributed by atoms with Crippen LogP contribution in [0, 0.1) is 11.8 Å². The number of ether oxygens (including phenoxy) is 2. The van der Waals surface area contributed by atoms with E-state index in [1.165, 1.54) is 6.08 Å². The number of nitrogens with two attached hydrogens (primary N) is 1. The van der Waals surface area contributed by atoms with Gasteiger partial charge in [-0.05, 0) is 18.2 Å². The molecule has 0 spiro atoms. The van der Waals surface area contributed by atoms with E-state index in [2.05, 4.69) is 26.8 Å². The molecule has 0 saturated carbocycles. The van der Waals surface area contributed by atoms with Gasteiger partial charge in [-0.25, -0.2) is 18.7 Å². The van der Waals surface area contributed by atoms with Gasteiger partial charge < -0.3 is 20.2 Å². The third kappa shape index (κ3) is 5.58. The van der Waals surface area contributed by atoms with Gasteiger partial charge in [0.15, 0.2) is 5.82 Å². The molecule has 4 rings (SSSR count). The first-order valence-electron chi connectivity index (χ1n) is 11.0. The molecule has 3 heterocycles. The number of nitrogen functional groups attached to an aromatic ring is 1. The van der Waals surface area contributed by atoms with Crippen LogP contribution in [0.2, 0.25) is 0 Å². The van der Waals surface area contributed by atoms with Gasteiger partial charge in [-0.15, -0.1) is 0 Å². The van der Waals surface area contributed by atoms with Gasteiger partial charge in [0.1, 0.15) is 29.3 Å². The zero-order valence-corrected chi connectivity index (χ0v) is 19.4. The van der Waals surface area contributed by atoms with Crippen LogP contribution in [0.25, 0.3) is 16.6 Å². The molecule has 0 radical (unpaired) electrons. The van der Waals surface area contributed by atoms with Crippen LogP contribution in [-0.4, -0.2) is 65.9 Å². The van der Waals surface area contributed by atoms with E-state index < -0.39 is 5.92 Å². The summed E-state index contributed by atoms with van der Waals surface area (Å²) in [6.07, 6.45) is 3.21. The van der Waals surface area contributed by atoms with Crippen LogP contribution in [-0.2, 0) is 4.79 Å². The lowest BCUT2D eigenvalue weighted by atomic mass is 10.1. The predicted octanol–water partition coefficient (Wildman–Crippen LogP) is 3.27. The Morgan fingerprint density at radius 1 is 1.17 bits per heavy atom. The summed E-state index contributed by atoms with van der Waals surface area (Å²) in [4.78, 5) is 25.1. The highest BCUT2D eigenvalue weighted by Crippen LogP contribution is 2.29. The molecule has 0 aliphatic carbocycles. The molecule has 1 aliphatic heterocycles. The van der Waals surface area contributed by atoms with Crippen molar-refractivity contribution in [2.45, 2.75) is 18.8 Å². The molecule has 0 unspecified atom stereocenters. The van der Waals surface area contributed by atoms with Crippen LogP contribution in [0.5, 0.6) is 11.5 Å². The van der Waals surface area contributed by atoms with E-state index in [4.69, 9.17) is 15.2 Å². The number of hydrogen-bond acceptors (Lipinski definition) is 7. The summed E-state index contributed by atoms with van der Waals surface area (Å²) < 4.78 is 37.6. The lowest BCUT2D eigenvalue weighted by Gasteiger charge is -2.31. The van der Waals surface area contributed by atoms with Gasteiger partial charge in [-0.1, -0.05) is 11.8 Å². The summed E-state index contributed by atoms with van der Waals surface area (Å²) >= 11 is 0. The van der Waals surface area contributed by atoms with Gasteiger partial charge in [0.05, 0.1) is 25.2 Å². The Morgan fingerprint density at radius 2 is 1.86 bits per heavy atom. The van der Waals surface area contributed by atoms with Crippen LogP contribution in [0.1, 0.15) is 29.8 Å². The normalized spacial score (nSPS) is 15.9. The van der Waals surface area contributed by atoms with Gasteiger partial charge >= 0.3 is 0 Å². The molecule has 8 nitrogen and oxygen atoms in total. The van der Waals surface area contributed by atoms with Gasteiger partial charge in [0.2, 0.25) is 0 Å². The second-order valence-corrected chi connectivity index (χ2v) is 8.17. The Balaban J connectivity index is 1.62. The van der Waals surface area contributed by atoms with E-state index in [1.54, 1.807) is 38.6 Å².